The van der Waals surface area contributed by atoms with Crippen LogP contribution in [-0.2, 0) is 13.0 Å². The number of hydrogen-bond donors (Lipinski definition) is 1. The molecule has 0 aliphatic carbocycles. The van der Waals surface area contributed by atoms with Gasteiger partial charge in [-0.05, 0) is 25.0 Å². The zero-order valence-electron chi connectivity index (χ0n) is 10.1. The molecule has 88 valence electrons. The van der Waals surface area contributed by atoms with Gasteiger partial charge in [-0.25, -0.2) is 4.98 Å². The van der Waals surface area contributed by atoms with Gasteiger partial charge in [0, 0.05) is 24.7 Å². The molecule has 1 rings (SSSR count). The Morgan fingerprint density at radius 2 is 2.25 bits per heavy atom. The molecule has 0 fully saturated rings. The van der Waals surface area contributed by atoms with E-state index in [9.17, 15) is 0 Å². The van der Waals surface area contributed by atoms with Crippen molar-refractivity contribution in [3.05, 3.63) is 35.5 Å². The van der Waals surface area contributed by atoms with E-state index in [1.807, 2.05) is 19.1 Å². The lowest BCUT2D eigenvalue weighted by molar-refractivity contribution is 0.308. The normalized spacial score (nSPS) is 10.2. The van der Waals surface area contributed by atoms with E-state index in [1.165, 1.54) is 0 Å². The molecule has 0 spiro atoms. The highest BCUT2D eigenvalue weighted by atomic mass is 16.5. The lowest BCUT2D eigenvalue weighted by Crippen LogP contribution is -2.04. The molecule has 0 amide bonds. The Hall–Kier alpha value is -1.35. The van der Waals surface area contributed by atoms with E-state index in [-0.39, 0.29) is 0 Å². The highest BCUT2D eigenvalue weighted by Gasteiger charge is 2.01. The zero-order chi connectivity index (χ0) is 12.0. The Kier molecular flexibility index (Phi) is 4.99. The Morgan fingerprint density at radius 1 is 1.50 bits per heavy atom. The smallest absolute Gasteiger partial charge is 0.213 e. The number of aromatic nitrogens is 1. The third kappa shape index (κ3) is 4.03. The third-order valence-electron chi connectivity index (χ3n) is 2.29. The average Bonchev–Trinajstić information content (AvgIpc) is 2.28. The molecule has 3 heteroatoms. The van der Waals surface area contributed by atoms with Gasteiger partial charge in [-0.1, -0.05) is 12.5 Å². The molecular weight excluding hydrogens is 200 g/mol. The molecule has 1 heterocycles. The van der Waals surface area contributed by atoms with Crippen molar-refractivity contribution in [2.75, 3.05) is 6.61 Å². The standard InChI is InChI=1S/C13H20N2O/c1-4-12-7-11(9-14)8-13(15-12)16-6-5-10(2)3/h7-8H,2,4-6,9,14H2,1,3H3. The summed E-state index contributed by atoms with van der Waals surface area (Å²) < 4.78 is 5.57. The molecule has 0 aromatic carbocycles. The average molecular weight is 220 g/mol. The van der Waals surface area contributed by atoms with Gasteiger partial charge in [0.2, 0.25) is 5.88 Å². The van der Waals surface area contributed by atoms with Crippen molar-refractivity contribution in [2.24, 2.45) is 5.73 Å². The molecule has 0 radical (unpaired) electrons. The number of nitrogens with zero attached hydrogens (tertiary/aromatic N) is 1. The second kappa shape index (κ2) is 6.28. The fourth-order valence-corrected chi connectivity index (χ4v) is 1.32. The van der Waals surface area contributed by atoms with Crippen molar-refractivity contribution < 1.29 is 4.74 Å². The zero-order valence-corrected chi connectivity index (χ0v) is 10.1. The van der Waals surface area contributed by atoms with Crippen LogP contribution in [0.5, 0.6) is 5.88 Å². The molecule has 0 aliphatic heterocycles. The molecule has 0 atom stereocenters. The van der Waals surface area contributed by atoms with Crippen LogP contribution in [0.4, 0.5) is 0 Å². The van der Waals surface area contributed by atoms with Crippen molar-refractivity contribution in [2.45, 2.75) is 33.2 Å². The highest BCUT2D eigenvalue weighted by molar-refractivity contribution is 5.25. The van der Waals surface area contributed by atoms with Crippen LogP contribution in [0, 0.1) is 0 Å². The van der Waals surface area contributed by atoms with Gasteiger partial charge in [-0.3, -0.25) is 0 Å². The van der Waals surface area contributed by atoms with Crippen molar-refractivity contribution in [3.63, 3.8) is 0 Å². The van der Waals surface area contributed by atoms with Crippen LogP contribution in [-0.4, -0.2) is 11.6 Å². The second-order valence-corrected chi connectivity index (χ2v) is 3.92. The molecule has 0 saturated heterocycles. The van der Waals surface area contributed by atoms with Crippen LogP contribution >= 0.6 is 0 Å². The minimum atomic E-state index is 0.520. The largest absolute Gasteiger partial charge is 0.477 e. The van der Waals surface area contributed by atoms with E-state index in [4.69, 9.17) is 10.5 Å². The van der Waals surface area contributed by atoms with Gasteiger partial charge >= 0.3 is 0 Å². The lowest BCUT2D eigenvalue weighted by Gasteiger charge is -2.08. The summed E-state index contributed by atoms with van der Waals surface area (Å²) in [5.41, 5.74) is 8.83. The van der Waals surface area contributed by atoms with Crippen molar-refractivity contribution in [1.82, 2.24) is 4.98 Å². The molecule has 1 aromatic rings. The first-order chi connectivity index (χ1) is 7.65. The number of rotatable bonds is 6. The quantitative estimate of drug-likeness (QED) is 0.749. The van der Waals surface area contributed by atoms with E-state index < -0.39 is 0 Å². The summed E-state index contributed by atoms with van der Waals surface area (Å²) in [4.78, 5) is 4.39. The molecule has 16 heavy (non-hydrogen) atoms. The first-order valence-electron chi connectivity index (χ1n) is 5.62. The number of ether oxygens (including phenoxy) is 1. The summed E-state index contributed by atoms with van der Waals surface area (Å²) in [7, 11) is 0. The van der Waals surface area contributed by atoms with E-state index in [0.29, 0.717) is 19.0 Å². The first-order valence-corrected chi connectivity index (χ1v) is 5.62. The SMILES string of the molecule is C=C(C)CCOc1cc(CN)cc(CC)n1. The van der Waals surface area contributed by atoms with Crippen molar-refractivity contribution in [3.8, 4) is 5.88 Å². The first kappa shape index (κ1) is 12.7. The topological polar surface area (TPSA) is 48.1 Å². The minimum Gasteiger partial charge on any atom is -0.477 e. The van der Waals surface area contributed by atoms with E-state index in [0.717, 1.165) is 29.7 Å². The molecule has 0 aliphatic rings. The number of hydrogen-bond acceptors (Lipinski definition) is 3. The summed E-state index contributed by atoms with van der Waals surface area (Å²) in [6.45, 7) is 9.04. The Labute approximate surface area is 97.3 Å². The van der Waals surface area contributed by atoms with E-state index in [1.54, 1.807) is 0 Å². The Bertz CT molecular complexity index is 339. The number of pyridine rings is 1. The fourth-order valence-electron chi connectivity index (χ4n) is 1.32. The lowest BCUT2D eigenvalue weighted by atomic mass is 10.2. The van der Waals surface area contributed by atoms with Gasteiger partial charge in [-0.15, -0.1) is 6.58 Å². The van der Waals surface area contributed by atoms with Gasteiger partial charge in [0.05, 0.1) is 6.61 Å². The molecule has 3 nitrogen and oxygen atoms in total. The predicted octanol–water partition coefficient (Wildman–Crippen LogP) is 2.45. The van der Waals surface area contributed by atoms with Crippen LogP contribution in [0.15, 0.2) is 24.3 Å². The van der Waals surface area contributed by atoms with Gasteiger partial charge in [0.1, 0.15) is 0 Å². The number of aryl methyl sites for hydroxylation is 1. The summed E-state index contributed by atoms with van der Waals surface area (Å²) in [5, 5.41) is 0. The second-order valence-electron chi connectivity index (χ2n) is 3.92. The van der Waals surface area contributed by atoms with Gasteiger partial charge in [0.25, 0.3) is 0 Å². The van der Waals surface area contributed by atoms with Crippen LogP contribution < -0.4 is 10.5 Å². The van der Waals surface area contributed by atoms with E-state index >= 15 is 0 Å². The summed E-state index contributed by atoms with van der Waals surface area (Å²) in [5.74, 6) is 0.668. The monoisotopic (exact) mass is 220 g/mol. The maximum absolute atomic E-state index is 5.62. The highest BCUT2D eigenvalue weighted by Crippen LogP contribution is 2.13. The van der Waals surface area contributed by atoms with Crippen molar-refractivity contribution >= 4 is 0 Å². The number of nitrogens with two attached hydrogens (primary N) is 1. The molecule has 2 N–H and O–H groups in total. The maximum atomic E-state index is 5.62. The minimum absolute atomic E-state index is 0.520. The molecular formula is C13H20N2O. The van der Waals surface area contributed by atoms with Crippen LogP contribution in [0.1, 0.15) is 31.5 Å². The summed E-state index contributed by atoms with van der Waals surface area (Å²) >= 11 is 0. The Balaban J connectivity index is 2.67. The van der Waals surface area contributed by atoms with Gasteiger partial charge < -0.3 is 10.5 Å². The van der Waals surface area contributed by atoms with Crippen LogP contribution in [0.25, 0.3) is 0 Å². The van der Waals surface area contributed by atoms with Crippen LogP contribution in [0.3, 0.4) is 0 Å². The maximum Gasteiger partial charge on any atom is 0.213 e. The summed E-state index contributed by atoms with van der Waals surface area (Å²) in [6.07, 6.45) is 1.75. The van der Waals surface area contributed by atoms with Gasteiger partial charge in [0.15, 0.2) is 0 Å². The van der Waals surface area contributed by atoms with Crippen LogP contribution in [0.2, 0.25) is 0 Å². The molecule has 0 saturated carbocycles. The molecule has 0 unspecified atom stereocenters. The Morgan fingerprint density at radius 3 is 2.81 bits per heavy atom. The van der Waals surface area contributed by atoms with E-state index in [2.05, 4.69) is 18.5 Å². The summed E-state index contributed by atoms with van der Waals surface area (Å²) in [6, 6.07) is 3.92. The molecule has 0 bridgehead atoms. The third-order valence-corrected chi connectivity index (χ3v) is 2.29. The molecule has 1 aromatic heterocycles. The fraction of sp³-hybridized carbons (Fsp3) is 0.462. The van der Waals surface area contributed by atoms with Crippen molar-refractivity contribution in [1.29, 1.82) is 0 Å². The predicted molar refractivity (Wildman–Crippen MR) is 66.4 cm³/mol. The van der Waals surface area contributed by atoms with Gasteiger partial charge in [-0.2, -0.15) is 0 Å².